The van der Waals surface area contributed by atoms with Crippen LogP contribution in [0, 0.1) is 0 Å². The van der Waals surface area contributed by atoms with E-state index in [2.05, 4.69) is 57.8 Å². The molecule has 0 aromatic carbocycles. The standard InChI is InChI=1S/C26H50ClNO3Si/c1-7-8-11-15-22(31-32(5,6)26(2,3)4)16-14-20-28-21-19-23(27)24(28)17-12-9-10-13-18-25(29)30/h9,12,22-24H,7-8,10-11,13-21H2,1-6H3,(H,29,30)/b12-9-/t22?,23-,24-/m1/s1. The Hall–Kier alpha value is -0.363. The van der Waals surface area contributed by atoms with Gasteiger partial charge in [0.2, 0.25) is 0 Å². The van der Waals surface area contributed by atoms with Crippen LogP contribution in [0.2, 0.25) is 18.1 Å². The van der Waals surface area contributed by atoms with Gasteiger partial charge in [-0.3, -0.25) is 9.69 Å². The van der Waals surface area contributed by atoms with Gasteiger partial charge in [0.15, 0.2) is 8.32 Å². The number of allylic oxidation sites excluding steroid dienone is 1. The molecule has 32 heavy (non-hydrogen) atoms. The summed E-state index contributed by atoms with van der Waals surface area (Å²) in [4.78, 5) is 13.2. The van der Waals surface area contributed by atoms with Crippen molar-refractivity contribution in [2.24, 2.45) is 0 Å². The molecule has 0 saturated carbocycles. The van der Waals surface area contributed by atoms with E-state index in [4.69, 9.17) is 21.1 Å². The van der Waals surface area contributed by atoms with E-state index in [9.17, 15) is 4.79 Å². The van der Waals surface area contributed by atoms with Crippen molar-refractivity contribution < 1.29 is 14.3 Å². The van der Waals surface area contributed by atoms with Crippen LogP contribution < -0.4 is 0 Å². The average molecular weight is 488 g/mol. The lowest BCUT2D eigenvalue weighted by atomic mass is 10.1. The number of alkyl halides is 1. The van der Waals surface area contributed by atoms with Crippen molar-refractivity contribution in [1.29, 1.82) is 0 Å². The van der Waals surface area contributed by atoms with Gasteiger partial charge < -0.3 is 9.53 Å². The summed E-state index contributed by atoms with van der Waals surface area (Å²) in [5.41, 5.74) is 0. The van der Waals surface area contributed by atoms with Crippen LogP contribution in [0.4, 0.5) is 0 Å². The molecule has 1 heterocycles. The van der Waals surface area contributed by atoms with Crippen LogP contribution in [0.3, 0.4) is 0 Å². The summed E-state index contributed by atoms with van der Waals surface area (Å²) in [6.07, 6.45) is 15.8. The fourth-order valence-corrected chi connectivity index (χ4v) is 5.96. The number of likely N-dealkylation sites (tertiary alicyclic amines) is 1. The van der Waals surface area contributed by atoms with Crippen LogP contribution >= 0.6 is 11.6 Å². The zero-order chi connectivity index (χ0) is 24.2. The molecule has 0 spiro atoms. The summed E-state index contributed by atoms with van der Waals surface area (Å²) >= 11 is 6.65. The number of aliphatic carboxylic acids is 1. The predicted octanol–water partition coefficient (Wildman–Crippen LogP) is 7.62. The molecule has 1 saturated heterocycles. The minimum Gasteiger partial charge on any atom is -0.481 e. The Morgan fingerprint density at radius 3 is 2.50 bits per heavy atom. The molecular formula is C26H50ClNO3Si. The third-order valence-electron chi connectivity index (χ3n) is 7.25. The van der Waals surface area contributed by atoms with Crippen molar-refractivity contribution in [1.82, 2.24) is 4.90 Å². The molecule has 6 heteroatoms. The highest BCUT2D eigenvalue weighted by Gasteiger charge is 2.39. The molecule has 0 aliphatic carbocycles. The van der Waals surface area contributed by atoms with Crippen molar-refractivity contribution in [2.45, 2.75) is 134 Å². The van der Waals surface area contributed by atoms with Gasteiger partial charge in [0.1, 0.15) is 0 Å². The molecule has 3 atom stereocenters. The van der Waals surface area contributed by atoms with Gasteiger partial charge >= 0.3 is 5.97 Å². The molecule has 4 nitrogen and oxygen atoms in total. The highest BCUT2D eigenvalue weighted by molar-refractivity contribution is 6.74. The summed E-state index contributed by atoms with van der Waals surface area (Å²) in [5, 5.41) is 9.20. The first-order chi connectivity index (χ1) is 15.0. The Morgan fingerprint density at radius 2 is 1.88 bits per heavy atom. The van der Waals surface area contributed by atoms with Gasteiger partial charge in [-0.25, -0.2) is 0 Å². The summed E-state index contributed by atoms with van der Waals surface area (Å²) in [6, 6.07) is 0.396. The number of carboxylic acids is 1. The molecule has 1 aliphatic rings. The van der Waals surface area contributed by atoms with Crippen LogP contribution in [0.25, 0.3) is 0 Å². The smallest absolute Gasteiger partial charge is 0.303 e. The molecule has 188 valence electrons. The molecule has 0 bridgehead atoms. The van der Waals surface area contributed by atoms with Crippen LogP contribution in [0.5, 0.6) is 0 Å². The first kappa shape index (κ1) is 29.7. The number of hydrogen-bond acceptors (Lipinski definition) is 3. The third kappa shape index (κ3) is 11.2. The Morgan fingerprint density at radius 1 is 1.19 bits per heavy atom. The van der Waals surface area contributed by atoms with E-state index >= 15 is 0 Å². The maximum atomic E-state index is 10.6. The number of unbranched alkanes of at least 4 members (excludes halogenated alkanes) is 3. The van der Waals surface area contributed by atoms with Gasteiger partial charge in [0, 0.05) is 18.6 Å². The maximum Gasteiger partial charge on any atom is 0.303 e. The lowest BCUT2D eigenvalue weighted by Gasteiger charge is -2.39. The minimum atomic E-state index is -1.75. The highest BCUT2D eigenvalue weighted by atomic mass is 35.5. The summed E-state index contributed by atoms with van der Waals surface area (Å²) in [6.45, 7) is 16.2. The lowest BCUT2D eigenvalue weighted by Crippen LogP contribution is -2.44. The first-order valence-electron chi connectivity index (χ1n) is 12.9. The SMILES string of the molecule is CCCCCC(CCCN1CC[C@@H](Cl)[C@H]1C/C=C\CCCC(=O)O)O[Si](C)(C)C(C)(C)C. The normalized spacial score (nSPS) is 21.5. The molecule has 0 aromatic heterocycles. The van der Waals surface area contributed by atoms with E-state index in [1.54, 1.807) is 0 Å². The van der Waals surface area contributed by atoms with Crippen molar-refractivity contribution in [2.75, 3.05) is 13.1 Å². The Bertz CT molecular complexity index is 562. The topological polar surface area (TPSA) is 49.8 Å². The van der Waals surface area contributed by atoms with E-state index < -0.39 is 14.3 Å². The predicted molar refractivity (Wildman–Crippen MR) is 140 cm³/mol. The van der Waals surface area contributed by atoms with Gasteiger partial charge in [-0.2, -0.15) is 0 Å². The van der Waals surface area contributed by atoms with E-state index in [1.807, 2.05) is 0 Å². The number of rotatable bonds is 16. The molecular weight excluding hydrogens is 438 g/mol. The van der Waals surface area contributed by atoms with E-state index in [0.717, 1.165) is 45.2 Å². The number of halogens is 1. The largest absolute Gasteiger partial charge is 0.481 e. The lowest BCUT2D eigenvalue weighted by molar-refractivity contribution is -0.137. The van der Waals surface area contributed by atoms with Crippen molar-refractivity contribution in [3.05, 3.63) is 12.2 Å². The molecule has 0 radical (unpaired) electrons. The van der Waals surface area contributed by atoms with Gasteiger partial charge in [0.25, 0.3) is 0 Å². The summed E-state index contributed by atoms with van der Waals surface area (Å²) in [5.74, 6) is -0.716. The highest BCUT2D eigenvalue weighted by Crippen LogP contribution is 2.38. The van der Waals surface area contributed by atoms with Crippen molar-refractivity contribution >= 4 is 25.9 Å². The fraction of sp³-hybridized carbons (Fsp3) is 0.885. The Labute approximate surface area is 204 Å². The molecule has 0 aromatic rings. The molecule has 1 fully saturated rings. The molecule has 1 N–H and O–H groups in total. The Kier molecular flexibility index (Phi) is 13.7. The Balaban J connectivity index is 2.53. The van der Waals surface area contributed by atoms with Gasteiger partial charge in [-0.15, -0.1) is 11.6 Å². The van der Waals surface area contributed by atoms with Gasteiger partial charge in [0.05, 0.1) is 5.38 Å². The van der Waals surface area contributed by atoms with Gasteiger partial charge in [-0.1, -0.05) is 59.1 Å². The second kappa shape index (κ2) is 14.8. The number of carboxylic acid groups (broad SMARTS) is 1. The number of nitrogens with zero attached hydrogens (tertiary/aromatic N) is 1. The van der Waals surface area contributed by atoms with E-state index in [-0.39, 0.29) is 16.8 Å². The average Bonchev–Trinajstić information content (AvgIpc) is 3.03. The molecule has 1 rings (SSSR count). The second-order valence-corrected chi connectivity index (χ2v) is 16.4. The number of hydrogen-bond donors (Lipinski definition) is 1. The molecule has 1 unspecified atom stereocenters. The van der Waals surface area contributed by atoms with Crippen LogP contribution in [0.15, 0.2) is 12.2 Å². The third-order valence-corrected chi connectivity index (χ3v) is 12.3. The molecule has 1 aliphatic heterocycles. The summed E-state index contributed by atoms with van der Waals surface area (Å²) in [7, 11) is -1.75. The monoisotopic (exact) mass is 487 g/mol. The minimum absolute atomic E-state index is 0.211. The maximum absolute atomic E-state index is 10.6. The van der Waals surface area contributed by atoms with E-state index in [1.165, 1.54) is 25.7 Å². The van der Waals surface area contributed by atoms with Crippen LogP contribution in [-0.4, -0.2) is 54.9 Å². The fourth-order valence-electron chi connectivity index (χ4n) is 4.17. The summed E-state index contributed by atoms with van der Waals surface area (Å²) < 4.78 is 6.82. The van der Waals surface area contributed by atoms with Crippen LogP contribution in [-0.2, 0) is 9.22 Å². The van der Waals surface area contributed by atoms with Crippen molar-refractivity contribution in [3.63, 3.8) is 0 Å². The number of carbonyl (C=O) groups is 1. The van der Waals surface area contributed by atoms with E-state index in [0.29, 0.717) is 18.6 Å². The first-order valence-corrected chi connectivity index (χ1v) is 16.2. The van der Waals surface area contributed by atoms with Crippen molar-refractivity contribution in [3.8, 4) is 0 Å². The van der Waals surface area contributed by atoms with Gasteiger partial charge in [-0.05, 0) is 76.2 Å². The zero-order valence-electron chi connectivity index (χ0n) is 21.7. The molecule has 0 amide bonds. The second-order valence-electron chi connectivity index (χ2n) is 11.0. The quantitative estimate of drug-likeness (QED) is 0.105. The van der Waals surface area contributed by atoms with Crippen LogP contribution in [0.1, 0.15) is 98.3 Å². The zero-order valence-corrected chi connectivity index (χ0v) is 23.4.